The molecule has 0 aromatic rings. The zero-order chi connectivity index (χ0) is 10.4. The van der Waals surface area contributed by atoms with Gasteiger partial charge < -0.3 is 10.4 Å². The Hall–Kier alpha value is -1.10. The summed E-state index contributed by atoms with van der Waals surface area (Å²) in [4.78, 5) is 21.7. The number of rotatable bonds is 5. The van der Waals surface area contributed by atoms with Gasteiger partial charge >= 0.3 is 5.97 Å². The Morgan fingerprint density at radius 2 is 1.92 bits per heavy atom. The summed E-state index contributed by atoms with van der Waals surface area (Å²) in [5.41, 5.74) is 0. The topological polar surface area (TPSA) is 78.4 Å². The first-order chi connectivity index (χ1) is 5.99. The normalized spacial score (nSPS) is 12.6. The van der Waals surface area contributed by atoms with Crippen LogP contribution in [0.25, 0.3) is 0 Å². The number of amides is 1. The van der Waals surface area contributed by atoms with Crippen molar-refractivity contribution in [1.29, 1.82) is 0 Å². The van der Waals surface area contributed by atoms with E-state index in [9.17, 15) is 9.59 Å². The second kappa shape index (κ2) is 5.53. The predicted octanol–water partition coefficient (Wildman–Crippen LogP) is -0.569. The number of likely N-dealkylation sites (N-methyl/N-ethyl adjacent to an activating group) is 1. The van der Waals surface area contributed by atoms with Gasteiger partial charge in [0.25, 0.3) is 0 Å². The largest absolute Gasteiger partial charge is 0.480 e. The summed E-state index contributed by atoms with van der Waals surface area (Å²) in [6.45, 7) is 4.37. The van der Waals surface area contributed by atoms with Crippen LogP contribution in [0.1, 0.15) is 13.8 Å². The summed E-state index contributed by atoms with van der Waals surface area (Å²) in [5.74, 6) is -1.34. The Bertz CT molecular complexity index is 192. The van der Waals surface area contributed by atoms with Crippen molar-refractivity contribution >= 4 is 11.9 Å². The molecule has 0 saturated carbocycles. The molecule has 0 radical (unpaired) electrons. The van der Waals surface area contributed by atoms with Gasteiger partial charge in [-0.15, -0.1) is 0 Å². The molecule has 0 heterocycles. The highest BCUT2D eigenvalue weighted by molar-refractivity contribution is 6.01. The number of carboxylic acids is 1. The summed E-state index contributed by atoms with van der Waals surface area (Å²) in [5, 5.41) is 13.5. The fourth-order valence-corrected chi connectivity index (χ4v) is 0.773. The van der Waals surface area contributed by atoms with Gasteiger partial charge in [-0.25, -0.2) is 4.79 Å². The van der Waals surface area contributed by atoms with Crippen molar-refractivity contribution in [2.24, 2.45) is 5.92 Å². The van der Waals surface area contributed by atoms with E-state index in [0.29, 0.717) is 12.5 Å². The highest BCUT2D eigenvalue weighted by Crippen LogP contribution is 1.89. The molecule has 3 N–H and O–H groups in total. The van der Waals surface area contributed by atoms with E-state index in [1.54, 1.807) is 0 Å². The number of hydrogen-bond donors (Lipinski definition) is 3. The summed E-state index contributed by atoms with van der Waals surface area (Å²) < 4.78 is 0. The molecular weight excluding hydrogens is 172 g/mol. The zero-order valence-electron chi connectivity index (χ0n) is 8.13. The third-order valence-corrected chi connectivity index (χ3v) is 1.48. The first-order valence-electron chi connectivity index (χ1n) is 4.16. The summed E-state index contributed by atoms with van der Waals surface area (Å²) in [6.07, 6.45) is 0. The number of aliphatic carboxylic acids is 1. The molecule has 0 aliphatic carbocycles. The minimum absolute atomic E-state index is 0.315. The second-order valence-corrected chi connectivity index (χ2v) is 3.20. The Balaban J connectivity index is 4.00. The van der Waals surface area contributed by atoms with Crippen LogP contribution in [0.2, 0.25) is 0 Å². The lowest BCUT2D eigenvalue weighted by atomic mass is 10.2. The Morgan fingerprint density at radius 1 is 1.38 bits per heavy atom. The smallest absolute Gasteiger partial charge is 0.330 e. The van der Waals surface area contributed by atoms with Gasteiger partial charge in [-0.05, 0) is 13.0 Å². The van der Waals surface area contributed by atoms with Crippen molar-refractivity contribution in [2.75, 3.05) is 13.6 Å². The van der Waals surface area contributed by atoms with Gasteiger partial charge in [0.2, 0.25) is 5.91 Å². The van der Waals surface area contributed by atoms with Gasteiger partial charge in [-0.1, -0.05) is 13.8 Å². The van der Waals surface area contributed by atoms with Crippen LogP contribution in [0.5, 0.6) is 0 Å². The van der Waals surface area contributed by atoms with E-state index in [-0.39, 0.29) is 0 Å². The number of carboxylic acid groups (broad SMARTS) is 1. The van der Waals surface area contributed by atoms with Crippen molar-refractivity contribution in [3.63, 3.8) is 0 Å². The van der Waals surface area contributed by atoms with Crippen molar-refractivity contribution in [1.82, 2.24) is 10.6 Å². The van der Waals surface area contributed by atoms with Gasteiger partial charge in [-0.3, -0.25) is 10.1 Å². The molecule has 1 atom stereocenters. The number of carbonyl (C=O) groups is 2. The van der Waals surface area contributed by atoms with Crippen LogP contribution in [0.15, 0.2) is 0 Å². The molecule has 1 unspecified atom stereocenters. The maximum absolute atomic E-state index is 11.2. The molecule has 5 heteroatoms. The van der Waals surface area contributed by atoms with E-state index in [4.69, 9.17) is 5.11 Å². The fourth-order valence-electron chi connectivity index (χ4n) is 0.773. The molecule has 0 aromatic carbocycles. The second-order valence-electron chi connectivity index (χ2n) is 3.20. The molecule has 0 fully saturated rings. The first-order valence-corrected chi connectivity index (χ1v) is 4.16. The molecule has 13 heavy (non-hydrogen) atoms. The lowest BCUT2D eigenvalue weighted by molar-refractivity contribution is -0.143. The molecule has 0 aromatic heterocycles. The molecule has 0 aliphatic heterocycles. The van der Waals surface area contributed by atoms with E-state index >= 15 is 0 Å². The van der Waals surface area contributed by atoms with Gasteiger partial charge in [0.05, 0.1) is 0 Å². The molecule has 0 rings (SSSR count). The van der Waals surface area contributed by atoms with Gasteiger partial charge in [0.1, 0.15) is 0 Å². The Labute approximate surface area is 77.5 Å². The van der Waals surface area contributed by atoms with E-state index in [1.165, 1.54) is 7.05 Å². The molecule has 0 spiro atoms. The van der Waals surface area contributed by atoms with Gasteiger partial charge in [0.15, 0.2) is 6.04 Å². The van der Waals surface area contributed by atoms with Crippen molar-refractivity contribution in [3.05, 3.63) is 0 Å². The SMILES string of the molecule is CNC(C(=O)O)C(=O)NCC(C)C. The molecule has 76 valence electrons. The van der Waals surface area contributed by atoms with Crippen LogP contribution < -0.4 is 10.6 Å². The summed E-state index contributed by atoms with van der Waals surface area (Å²) >= 11 is 0. The summed E-state index contributed by atoms with van der Waals surface area (Å²) in [7, 11) is 1.44. The molecule has 1 amide bonds. The van der Waals surface area contributed by atoms with Crippen LogP contribution >= 0.6 is 0 Å². The number of nitrogens with one attached hydrogen (secondary N) is 2. The maximum atomic E-state index is 11.2. The van der Waals surface area contributed by atoms with Gasteiger partial charge in [0, 0.05) is 6.54 Å². The average Bonchev–Trinajstić information content (AvgIpc) is 2.01. The first kappa shape index (κ1) is 11.9. The number of hydrogen-bond acceptors (Lipinski definition) is 3. The van der Waals surface area contributed by atoms with Crippen molar-refractivity contribution in [2.45, 2.75) is 19.9 Å². The lowest BCUT2D eigenvalue weighted by Crippen LogP contribution is -2.48. The quantitative estimate of drug-likeness (QED) is 0.505. The maximum Gasteiger partial charge on any atom is 0.330 e. The van der Waals surface area contributed by atoms with E-state index in [0.717, 1.165) is 0 Å². The third kappa shape index (κ3) is 4.47. The van der Waals surface area contributed by atoms with E-state index in [1.807, 2.05) is 13.8 Å². The zero-order valence-corrected chi connectivity index (χ0v) is 8.13. The standard InChI is InChI=1S/C8H16N2O3/c1-5(2)4-10-7(11)6(9-3)8(12)13/h5-6,9H,4H2,1-3H3,(H,10,11)(H,12,13). The minimum Gasteiger partial charge on any atom is -0.480 e. The monoisotopic (exact) mass is 188 g/mol. The molecule has 0 saturated heterocycles. The lowest BCUT2D eigenvalue weighted by Gasteiger charge is -2.12. The van der Waals surface area contributed by atoms with E-state index < -0.39 is 17.9 Å². The van der Waals surface area contributed by atoms with Crippen LogP contribution in [-0.2, 0) is 9.59 Å². The number of carbonyl (C=O) groups excluding carboxylic acids is 1. The molecule has 5 nitrogen and oxygen atoms in total. The van der Waals surface area contributed by atoms with Crippen LogP contribution in [0, 0.1) is 5.92 Å². The van der Waals surface area contributed by atoms with E-state index in [2.05, 4.69) is 10.6 Å². The van der Waals surface area contributed by atoms with Crippen LogP contribution in [0.4, 0.5) is 0 Å². The van der Waals surface area contributed by atoms with Crippen molar-refractivity contribution < 1.29 is 14.7 Å². The molecule has 0 bridgehead atoms. The fraction of sp³-hybridized carbons (Fsp3) is 0.750. The summed E-state index contributed by atoms with van der Waals surface area (Å²) in [6, 6.07) is -1.15. The average molecular weight is 188 g/mol. The Morgan fingerprint density at radius 3 is 2.23 bits per heavy atom. The highest BCUT2D eigenvalue weighted by Gasteiger charge is 2.23. The highest BCUT2D eigenvalue weighted by atomic mass is 16.4. The minimum atomic E-state index is -1.16. The van der Waals surface area contributed by atoms with Crippen molar-refractivity contribution in [3.8, 4) is 0 Å². The van der Waals surface area contributed by atoms with Gasteiger partial charge in [-0.2, -0.15) is 0 Å². The molecule has 0 aliphatic rings. The van der Waals surface area contributed by atoms with Crippen LogP contribution in [-0.4, -0.2) is 36.6 Å². The third-order valence-electron chi connectivity index (χ3n) is 1.48. The van der Waals surface area contributed by atoms with Crippen LogP contribution in [0.3, 0.4) is 0 Å². The predicted molar refractivity (Wildman–Crippen MR) is 48.3 cm³/mol. The Kier molecular flexibility index (Phi) is 5.06. The molecular formula is C8H16N2O3.